The predicted octanol–water partition coefficient (Wildman–Crippen LogP) is 0.260. The van der Waals surface area contributed by atoms with Crippen LogP contribution in [0.5, 0.6) is 0 Å². The number of carboxylic acid groups (broad SMARTS) is 1. The lowest BCUT2D eigenvalue weighted by molar-refractivity contribution is -0.165. The van der Waals surface area contributed by atoms with Crippen molar-refractivity contribution in [2.45, 2.75) is 31.2 Å². The Hall–Kier alpha value is -2.90. The Kier molecular flexibility index (Phi) is 3.96. The minimum atomic E-state index is -1.44. The van der Waals surface area contributed by atoms with Gasteiger partial charge in [-0.3, -0.25) is 14.5 Å². The van der Waals surface area contributed by atoms with E-state index in [1.165, 1.54) is 7.05 Å². The van der Waals surface area contributed by atoms with Gasteiger partial charge in [0.05, 0.1) is 6.04 Å². The van der Waals surface area contributed by atoms with Gasteiger partial charge in [0.15, 0.2) is 11.8 Å². The van der Waals surface area contributed by atoms with E-state index in [0.717, 1.165) is 15.4 Å². The molecule has 126 valence electrons. The minimum Gasteiger partial charge on any atom is -0.479 e. The van der Waals surface area contributed by atoms with Crippen LogP contribution in [0.2, 0.25) is 0 Å². The zero-order valence-electron chi connectivity index (χ0n) is 12.9. The Morgan fingerprint density at radius 2 is 1.96 bits per heavy atom. The summed E-state index contributed by atoms with van der Waals surface area (Å²) in [6.45, 7) is 0.0655. The first kappa shape index (κ1) is 16.0. The fraction of sp³-hybridized carbons (Fsp3) is 0.375. The zero-order chi connectivity index (χ0) is 17.4. The van der Waals surface area contributed by atoms with E-state index in [1.807, 2.05) is 18.2 Å². The number of benzene rings is 1. The van der Waals surface area contributed by atoms with Crippen molar-refractivity contribution in [3.05, 3.63) is 35.9 Å². The highest BCUT2D eigenvalue weighted by molar-refractivity contribution is 6.12. The molecule has 1 aromatic carbocycles. The van der Waals surface area contributed by atoms with Gasteiger partial charge in [0.25, 0.3) is 0 Å². The van der Waals surface area contributed by atoms with Crippen LogP contribution >= 0.6 is 0 Å². The molecule has 0 aliphatic carbocycles. The third-order valence-corrected chi connectivity index (χ3v) is 4.37. The second-order valence-electron chi connectivity index (χ2n) is 5.82. The predicted molar refractivity (Wildman–Crippen MR) is 79.9 cm³/mol. The number of hydrogen-bond donors (Lipinski definition) is 1. The van der Waals surface area contributed by atoms with Crippen molar-refractivity contribution in [2.24, 2.45) is 0 Å². The van der Waals surface area contributed by atoms with Gasteiger partial charge in [-0.05, 0) is 5.56 Å². The van der Waals surface area contributed by atoms with Gasteiger partial charge in [-0.15, -0.1) is 0 Å². The van der Waals surface area contributed by atoms with E-state index >= 15 is 0 Å². The van der Waals surface area contributed by atoms with Crippen molar-refractivity contribution in [2.75, 3.05) is 7.05 Å². The number of rotatable bonds is 4. The smallest absolute Gasteiger partial charge is 0.410 e. The second-order valence-corrected chi connectivity index (χ2v) is 5.82. The van der Waals surface area contributed by atoms with Crippen LogP contribution in [0.4, 0.5) is 4.79 Å². The summed E-state index contributed by atoms with van der Waals surface area (Å²) in [5, 5.41) is 9.05. The van der Waals surface area contributed by atoms with Gasteiger partial charge in [0.1, 0.15) is 12.6 Å². The molecule has 0 aromatic heterocycles. The van der Waals surface area contributed by atoms with Gasteiger partial charge in [-0.25, -0.2) is 9.59 Å². The monoisotopic (exact) mass is 332 g/mol. The lowest BCUT2D eigenvalue weighted by atomic mass is 9.95. The normalized spacial score (nSPS) is 25.0. The number of nitrogens with zero attached hydrogens (tertiary/aromatic N) is 2. The molecule has 1 aromatic rings. The first-order chi connectivity index (χ1) is 11.4. The summed E-state index contributed by atoms with van der Waals surface area (Å²) in [6, 6.07) is 6.18. The highest BCUT2D eigenvalue weighted by Gasteiger charge is 2.62. The van der Waals surface area contributed by atoms with Crippen LogP contribution in [-0.2, 0) is 25.7 Å². The average Bonchev–Trinajstić information content (AvgIpc) is 2.86. The molecule has 8 heteroatoms. The van der Waals surface area contributed by atoms with E-state index in [-0.39, 0.29) is 13.0 Å². The number of amides is 2. The lowest BCUT2D eigenvalue weighted by Gasteiger charge is -2.46. The number of likely N-dealkylation sites (N-methyl/N-ethyl adjacent to an activating group) is 1. The molecule has 0 saturated carbocycles. The molecule has 3 atom stereocenters. The van der Waals surface area contributed by atoms with Crippen LogP contribution in [0, 0.1) is 0 Å². The molecule has 3 rings (SSSR count). The second kappa shape index (κ2) is 5.95. The Labute approximate surface area is 137 Å². The summed E-state index contributed by atoms with van der Waals surface area (Å²) in [6.07, 6.45) is -0.757. The number of carbonyl (C=O) groups excluding carboxylic acids is 3. The lowest BCUT2D eigenvalue weighted by Crippen LogP contribution is -2.70. The SMILES string of the molecule is CN(C(=O)OCc1ccccc1)C1C(=O)N2C(C(=O)O)C(=O)CC12. The molecule has 2 heterocycles. The Balaban J connectivity index is 1.63. The molecule has 0 spiro atoms. The maximum absolute atomic E-state index is 12.2. The number of fused-ring (bicyclic) bond motifs is 1. The van der Waals surface area contributed by atoms with Gasteiger partial charge < -0.3 is 14.7 Å². The largest absolute Gasteiger partial charge is 0.479 e. The quantitative estimate of drug-likeness (QED) is 0.626. The summed E-state index contributed by atoms with van der Waals surface area (Å²) < 4.78 is 5.16. The topological polar surface area (TPSA) is 104 Å². The van der Waals surface area contributed by atoms with E-state index in [2.05, 4.69) is 0 Å². The van der Waals surface area contributed by atoms with Crippen molar-refractivity contribution < 1.29 is 29.0 Å². The molecule has 2 amide bonds. The fourth-order valence-electron chi connectivity index (χ4n) is 3.17. The first-order valence-corrected chi connectivity index (χ1v) is 7.43. The van der Waals surface area contributed by atoms with Crippen molar-refractivity contribution in [1.29, 1.82) is 0 Å². The zero-order valence-corrected chi connectivity index (χ0v) is 12.9. The van der Waals surface area contributed by atoms with Crippen molar-refractivity contribution in [3.63, 3.8) is 0 Å². The molecular formula is C16H16N2O6. The third kappa shape index (κ3) is 2.49. The van der Waals surface area contributed by atoms with Crippen LogP contribution in [0.25, 0.3) is 0 Å². The van der Waals surface area contributed by atoms with E-state index < -0.39 is 41.9 Å². The van der Waals surface area contributed by atoms with Gasteiger partial charge >= 0.3 is 12.1 Å². The molecular weight excluding hydrogens is 316 g/mol. The van der Waals surface area contributed by atoms with Gasteiger partial charge in [-0.2, -0.15) is 0 Å². The third-order valence-electron chi connectivity index (χ3n) is 4.37. The Bertz CT molecular complexity index is 704. The highest BCUT2D eigenvalue weighted by atomic mass is 16.6. The van der Waals surface area contributed by atoms with Crippen LogP contribution in [-0.4, -0.2) is 63.8 Å². The number of carbonyl (C=O) groups is 4. The number of ether oxygens (including phenoxy) is 1. The van der Waals surface area contributed by atoms with Crippen molar-refractivity contribution in [3.8, 4) is 0 Å². The van der Waals surface area contributed by atoms with Crippen molar-refractivity contribution in [1.82, 2.24) is 9.80 Å². The van der Waals surface area contributed by atoms with Gasteiger partial charge in [-0.1, -0.05) is 30.3 Å². The van der Waals surface area contributed by atoms with Crippen LogP contribution in [0.3, 0.4) is 0 Å². The number of ketones is 1. The number of β-lactam (4-membered cyclic amide) rings is 1. The molecule has 2 saturated heterocycles. The summed E-state index contributed by atoms with van der Waals surface area (Å²) in [4.78, 5) is 49.3. The van der Waals surface area contributed by atoms with E-state index in [0.29, 0.717) is 0 Å². The molecule has 24 heavy (non-hydrogen) atoms. The molecule has 0 bridgehead atoms. The molecule has 1 N–H and O–H groups in total. The molecule has 2 aliphatic heterocycles. The maximum Gasteiger partial charge on any atom is 0.410 e. The minimum absolute atomic E-state index is 0.0655. The molecule has 2 aliphatic rings. The van der Waals surface area contributed by atoms with E-state index in [4.69, 9.17) is 9.84 Å². The summed E-state index contributed by atoms with van der Waals surface area (Å²) in [5.41, 5.74) is 0.808. The van der Waals surface area contributed by atoms with E-state index in [9.17, 15) is 19.2 Å². The molecule has 2 fully saturated rings. The fourth-order valence-corrected chi connectivity index (χ4v) is 3.17. The molecule has 0 radical (unpaired) electrons. The number of carboxylic acids is 1. The van der Waals surface area contributed by atoms with E-state index in [1.54, 1.807) is 12.1 Å². The standard InChI is InChI=1S/C16H16N2O6/c1-17(16(23)24-8-9-5-3-2-4-6-9)12-10-7-11(19)13(15(21)22)18(10)14(12)20/h2-6,10,12-13H,7-8H2,1H3,(H,21,22). The number of aliphatic carboxylic acids is 1. The number of hydrogen-bond acceptors (Lipinski definition) is 5. The maximum atomic E-state index is 12.2. The highest BCUT2D eigenvalue weighted by Crippen LogP contribution is 2.36. The van der Waals surface area contributed by atoms with Crippen LogP contribution < -0.4 is 0 Å². The van der Waals surface area contributed by atoms with Crippen LogP contribution in [0.1, 0.15) is 12.0 Å². The Morgan fingerprint density at radius 3 is 2.58 bits per heavy atom. The van der Waals surface area contributed by atoms with Gasteiger partial charge in [0.2, 0.25) is 5.91 Å². The van der Waals surface area contributed by atoms with Crippen molar-refractivity contribution >= 4 is 23.8 Å². The first-order valence-electron chi connectivity index (χ1n) is 7.43. The molecule has 3 unspecified atom stereocenters. The Morgan fingerprint density at radius 1 is 1.29 bits per heavy atom. The summed E-state index contributed by atoms with van der Waals surface area (Å²) in [7, 11) is 1.41. The van der Waals surface area contributed by atoms with Crippen LogP contribution in [0.15, 0.2) is 30.3 Å². The summed E-state index contributed by atoms with van der Waals surface area (Å²) in [5.74, 6) is -2.41. The summed E-state index contributed by atoms with van der Waals surface area (Å²) >= 11 is 0. The van der Waals surface area contributed by atoms with Gasteiger partial charge in [0, 0.05) is 13.5 Å². The number of Topliss-reactive ketones (excluding diaryl/α,β-unsaturated/α-hetero) is 1. The molecule has 8 nitrogen and oxygen atoms in total. The average molecular weight is 332 g/mol.